The minimum atomic E-state index is -0.328. The smallest absolute Gasteiger partial charge is 0.255 e. The Hall–Kier alpha value is -2.56. The zero-order valence-electron chi connectivity index (χ0n) is 11.5. The molecule has 0 spiro atoms. The number of halogens is 1. The van der Waals surface area contributed by atoms with Crippen LogP contribution in [0.15, 0.2) is 36.4 Å². The lowest BCUT2D eigenvalue weighted by Crippen LogP contribution is -2.16. The molecule has 0 saturated carbocycles. The summed E-state index contributed by atoms with van der Waals surface area (Å²) in [7, 11) is 0. The number of carbonyl (C=O) groups excluding carboxylic acids is 1. The Labute approximate surface area is 121 Å². The van der Waals surface area contributed by atoms with Crippen molar-refractivity contribution in [2.24, 2.45) is 0 Å². The lowest BCUT2D eigenvalue weighted by atomic mass is 10.1. The standard InChI is InChI=1S/C16H14FNO3/c1-10-8-11(2-4-13(10)17)16(19)18-12-3-5-14-15(9-12)21-7-6-20-14/h2-5,8-9H,6-7H2,1H3,(H,18,19). The highest BCUT2D eigenvalue weighted by molar-refractivity contribution is 6.04. The molecular weight excluding hydrogens is 273 g/mol. The van der Waals surface area contributed by atoms with Gasteiger partial charge in [-0.15, -0.1) is 0 Å². The third-order valence-corrected chi connectivity index (χ3v) is 3.22. The van der Waals surface area contributed by atoms with E-state index < -0.39 is 0 Å². The second-order valence-electron chi connectivity index (χ2n) is 4.78. The van der Waals surface area contributed by atoms with Crippen molar-refractivity contribution in [3.63, 3.8) is 0 Å². The van der Waals surface area contributed by atoms with E-state index in [4.69, 9.17) is 9.47 Å². The van der Waals surface area contributed by atoms with Crippen LogP contribution in [-0.4, -0.2) is 19.1 Å². The number of hydrogen-bond acceptors (Lipinski definition) is 3. The molecule has 1 aliphatic rings. The molecule has 21 heavy (non-hydrogen) atoms. The van der Waals surface area contributed by atoms with Crippen molar-refractivity contribution >= 4 is 11.6 Å². The number of amides is 1. The summed E-state index contributed by atoms with van der Waals surface area (Å²) in [6, 6.07) is 9.46. The van der Waals surface area contributed by atoms with Gasteiger partial charge in [0.2, 0.25) is 0 Å². The molecule has 4 nitrogen and oxygen atoms in total. The second kappa shape index (κ2) is 5.44. The monoisotopic (exact) mass is 287 g/mol. The van der Waals surface area contributed by atoms with Gasteiger partial charge in [0.15, 0.2) is 11.5 Å². The number of rotatable bonds is 2. The number of carbonyl (C=O) groups is 1. The summed E-state index contributed by atoms with van der Waals surface area (Å²) in [6.45, 7) is 2.63. The van der Waals surface area contributed by atoms with E-state index in [1.54, 1.807) is 25.1 Å². The van der Waals surface area contributed by atoms with Crippen molar-refractivity contribution in [1.29, 1.82) is 0 Å². The van der Waals surface area contributed by atoms with Gasteiger partial charge in [-0.05, 0) is 42.8 Å². The van der Waals surface area contributed by atoms with Gasteiger partial charge in [-0.25, -0.2) is 4.39 Å². The van der Waals surface area contributed by atoms with Crippen molar-refractivity contribution in [3.8, 4) is 11.5 Å². The molecule has 0 atom stereocenters. The fraction of sp³-hybridized carbons (Fsp3) is 0.188. The zero-order chi connectivity index (χ0) is 14.8. The topological polar surface area (TPSA) is 47.6 Å². The van der Waals surface area contributed by atoms with Crippen LogP contribution < -0.4 is 14.8 Å². The summed E-state index contributed by atoms with van der Waals surface area (Å²) in [6.07, 6.45) is 0. The third-order valence-electron chi connectivity index (χ3n) is 3.22. The largest absolute Gasteiger partial charge is 0.486 e. The molecule has 5 heteroatoms. The van der Waals surface area contributed by atoms with Gasteiger partial charge in [-0.2, -0.15) is 0 Å². The number of nitrogens with one attached hydrogen (secondary N) is 1. The van der Waals surface area contributed by atoms with Crippen LogP contribution >= 0.6 is 0 Å². The predicted molar refractivity (Wildman–Crippen MR) is 76.5 cm³/mol. The van der Waals surface area contributed by atoms with Gasteiger partial charge >= 0.3 is 0 Å². The molecule has 0 saturated heterocycles. The van der Waals surface area contributed by atoms with E-state index >= 15 is 0 Å². The van der Waals surface area contributed by atoms with Gasteiger partial charge in [-0.3, -0.25) is 4.79 Å². The summed E-state index contributed by atoms with van der Waals surface area (Å²) in [4.78, 5) is 12.1. The molecule has 1 heterocycles. The molecule has 0 fully saturated rings. The molecule has 0 bridgehead atoms. The van der Waals surface area contributed by atoms with Crippen LogP contribution in [0.25, 0.3) is 0 Å². The van der Waals surface area contributed by atoms with Crippen LogP contribution in [-0.2, 0) is 0 Å². The number of ether oxygens (including phenoxy) is 2. The molecular formula is C16H14FNO3. The van der Waals surface area contributed by atoms with Gasteiger partial charge in [0.1, 0.15) is 19.0 Å². The molecule has 0 unspecified atom stereocenters. The van der Waals surface area contributed by atoms with Crippen molar-refractivity contribution < 1.29 is 18.7 Å². The lowest BCUT2D eigenvalue weighted by molar-refractivity contribution is 0.102. The van der Waals surface area contributed by atoms with Crippen LogP contribution in [0.3, 0.4) is 0 Å². The van der Waals surface area contributed by atoms with Gasteiger partial charge in [-0.1, -0.05) is 0 Å². The minimum Gasteiger partial charge on any atom is -0.486 e. The molecule has 108 valence electrons. The van der Waals surface area contributed by atoms with Crippen LogP contribution in [0.5, 0.6) is 11.5 Å². The first kappa shape index (κ1) is 13.4. The number of hydrogen-bond donors (Lipinski definition) is 1. The molecule has 0 aromatic heterocycles. The average molecular weight is 287 g/mol. The van der Waals surface area contributed by atoms with Crippen LogP contribution in [0.1, 0.15) is 15.9 Å². The van der Waals surface area contributed by atoms with Crippen LogP contribution in [0.2, 0.25) is 0 Å². The molecule has 3 rings (SSSR count). The highest BCUT2D eigenvalue weighted by Crippen LogP contribution is 2.32. The van der Waals surface area contributed by atoms with Crippen molar-refractivity contribution in [2.75, 3.05) is 18.5 Å². The van der Waals surface area contributed by atoms with E-state index in [9.17, 15) is 9.18 Å². The van der Waals surface area contributed by atoms with E-state index in [0.29, 0.717) is 41.5 Å². The van der Waals surface area contributed by atoms with Gasteiger partial charge in [0, 0.05) is 17.3 Å². The van der Waals surface area contributed by atoms with Gasteiger partial charge in [0.05, 0.1) is 0 Å². The van der Waals surface area contributed by atoms with E-state index in [2.05, 4.69) is 5.32 Å². The van der Waals surface area contributed by atoms with Crippen LogP contribution in [0, 0.1) is 12.7 Å². The quantitative estimate of drug-likeness (QED) is 0.923. The molecule has 1 amide bonds. The first-order valence-corrected chi connectivity index (χ1v) is 6.60. The fourth-order valence-corrected chi connectivity index (χ4v) is 2.11. The number of benzene rings is 2. The summed E-state index contributed by atoms with van der Waals surface area (Å²) in [5.74, 6) is 0.645. The summed E-state index contributed by atoms with van der Waals surface area (Å²) in [5.41, 5.74) is 1.44. The van der Waals surface area contributed by atoms with Gasteiger partial charge in [0.25, 0.3) is 5.91 Å². The highest BCUT2D eigenvalue weighted by atomic mass is 19.1. The first-order valence-electron chi connectivity index (χ1n) is 6.60. The maximum absolute atomic E-state index is 13.2. The predicted octanol–water partition coefficient (Wildman–Crippen LogP) is 3.16. The number of anilines is 1. The summed E-state index contributed by atoms with van der Waals surface area (Å²) in [5, 5.41) is 2.76. The van der Waals surface area contributed by atoms with E-state index in [0.717, 1.165) is 0 Å². The lowest BCUT2D eigenvalue weighted by Gasteiger charge is -2.19. The molecule has 0 radical (unpaired) electrons. The Bertz CT molecular complexity index is 700. The Morgan fingerprint density at radius 3 is 2.62 bits per heavy atom. The molecule has 2 aromatic rings. The fourth-order valence-electron chi connectivity index (χ4n) is 2.11. The van der Waals surface area contributed by atoms with Crippen molar-refractivity contribution in [1.82, 2.24) is 0 Å². The first-order chi connectivity index (χ1) is 10.1. The Kier molecular flexibility index (Phi) is 3.48. The Morgan fingerprint density at radius 2 is 1.86 bits per heavy atom. The van der Waals surface area contributed by atoms with E-state index in [1.165, 1.54) is 18.2 Å². The second-order valence-corrected chi connectivity index (χ2v) is 4.78. The molecule has 2 aromatic carbocycles. The highest BCUT2D eigenvalue weighted by Gasteiger charge is 2.13. The summed E-state index contributed by atoms with van der Waals surface area (Å²) >= 11 is 0. The van der Waals surface area contributed by atoms with E-state index in [-0.39, 0.29) is 11.7 Å². The van der Waals surface area contributed by atoms with E-state index in [1.807, 2.05) is 0 Å². The molecule has 0 aliphatic carbocycles. The minimum absolute atomic E-state index is 0.297. The normalized spacial score (nSPS) is 12.9. The maximum Gasteiger partial charge on any atom is 0.255 e. The van der Waals surface area contributed by atoms with Crippen molar-refractivity contribution in [3.05, 3.63) is 53.3 Å². The SMILES string of the molecule is Cc1cc(C(=O)Nc2ccc3c(c2)OCCO3)ccc1F. The zero-order valence-corrected chi connectivity index (χ0v) is 11.5. The summed E-state index contributed by atoms with van der Waals surface area (Å²) < 4.78 is 24.1. The average Bonchev–Trinajstić information content (AvgIpc) is 2.50. The van der Waals surface area contributed by atoms with Crippen LogP contribution in [0.4, 0.5) is 10.1 Å². The number of fused-ring (bicyclic) bond motifs is 1. The molecule has 1 aliphatic heterocycles. The molecule has 1 N–H and O–H groups in total. The maximum atomic E-state index is 13.2. The third kappa shape index (κ3) is 2.81. The van der Waals surface area contributed by atoms with Gasteiger partial charge < -0.3 is 14.8 Å². The Morgan fingerprint density at radius 1 is 1.10 bits per heavy atom. The Balaban J connectivity index is 1.79. The number of aryl methyl sites for hydroxylation is 1. The van der Waals surface area contributed by atoms with Crippen molar-refractivity contribution in [2.45, 2.75) is 6.92 Å².